The summed E-state index contributed by atoms with van der Waals surface area (Å²) in [5.41, 5.74) is 2.98. The lowest BCUT2D eigenvalue weighted by atomic mass is 10.0. The van der Waals surface area contributed by atoms with E-state index in [0.717, 1.165) is 35.7 Å². The van der Waals surface area contributed by atoms with Crippen molar-refractivity contribution in [1.29, 1.82) is 0 Å². The first-order valence-corrected chi connectivity index (χ1v) is 12.2. The number of amides is 2. The second-order valence-corrected chi connectivity index (χ2v) is 9.07. The van der Waals surface area contributed by atoms with Crippen molar-refractivity contribution >= 4 is 34.8 Å². The summed E-state index contributed by atoms with van der Waals surface area (Å²) in [6.07, 6.45) is 3.43. The van der Waals surface area contributed by atoms with Gasteiger partial charge in [-0.1, -0.05) is 6.07 Å². The summed E-state index contributed by atoms with van der Waals surface area (Å²) < 4.78 is 5.54. The SMILES string of the molecule is C[C@@H]1C(=O)N(C)c2ccc(Nc3ccc(C(=O)NCc4ccccn4)cc3)nc2N1C1CCOCC1. The predicted molar refractivity (Wildman–Crippen MR) is 139 cm³/mol. The van der Waals surface area contributed by atoms with Crippen molar-refractivity contribution in [1.82, 2.24) is 15.3 Å². The van der Waals surface area contributed by atoms with Gasteiger partial charge in [0.2, 0.25) is 5.91 Å². The molecule has 0 saturated carbocycles. The number of benzene rings is 1. The average Bonchev–Trinajstić information content (AvgIpc) is 2.92. The van der Waals surface area contributed by atoms with Crippen molar-refractivity contribution < 1.29 is 14.3 Å². The van der Waals surface area contributed by atoms with Gasteiger partial charge in [0.1, 0.15) is 11.9 Å². The molecule has 0 radical (unpaired) electrons. The van der Waals surface area contributed by atoms with E-state index in [1.807, 2.05) is 49.4 Å². The fraction of sp³-hybridized carbons (Fsp3) is 0.333. The summed E-state index contributed by atoms with van der Waals surface area (Å²) in [5.74, 6) is 1.38. The minimum atomic E-state index is -0.294. The summed E-state index contributed by atoms with van der Waals surface area (Å²) in [6, 6.07) is 16.6. The molecule has 186 valence electrons. The molecule has 5 rings (SSSR count). The lowest BCUT2D eigenvalue weighted by molar-refractivity contribution is -0.119. The second-order valence-electron chi connectivity index (χ2n) is 9.07. The third kappa shape index (κ3) is 4.87. The number of nitrogens with zero attached hydrogens (tertiary/aromatic N) is 4. The van der Waals surface area contributed by atoms with Gasteiger partial charge in [-0.25, -0.2) is 4.98 Å². The van der Waals surface area contributed by atoms with E-state index >= 15 is 0 Å². The van der Waals surface area contributed by atoms with Crippen LogP contribution in [0.2, 0.25) is 0 Å². The van der Waals surface area contributed by atoms with Crippen LogP contribution < -0.4 is 20.4 Å². The van der Waals surface area contributed by atoms with Crippen LogP contribution in [0.1, 0.15) is 35.8 Å². The molecule has 1 fully saturated rings. The first-order valence-electron chi connectivity index (χ1n) is 12.2. The minimum absolute atomic E-state index is 0.0633. The predicted octanol–water partition coefficient (Wildman–Crippen LogP) is 3.50. The highest BCUT2D eigenvalue weighted by molar-refractivity contribution is 6.04. The molecule has 36 heavy (non-hydrogen) atoms. The average molecular weight is 487 g/mol. The number of hydrogen-bond acceptors (Lipinski definition) is 7. The largest absolute Gasteiger partial charge is 0.381 e. The van der Waals surface area contributed by atoms with Gasteiger partial charge in [-0.2, -0.15) is 0 Å². The molecule has 0 aliphatic carbocycles. The molecule has 1 aromatic carbocycles. The summed E-state index contributed by atoms with van der Waals surface area (Å²) in [6.45, 7) is 3.69. The molecule has 9 heteroatoms. The number of carbonyl (C=O) groups excluding carboxylic acids is 2. The molecule has 2 aromatic heterocycles. The zero-order valence-electron chi connectivity index (χ0n) is 20.5. The fourth-order valence-corrected chi connectivity index (χ4v) is 4.74. The minimum Gasteiger partial charge on any atom is -0.381 e. The number of anilines is 4. The zero-order valence-corrected chi connectivity index (χ0v) is 20.5. The van der Waals surface area contributed by atoms with Crippen LogP contribution in [0.15, 0.2) is 60.8 Å². The number of pyridine rings is 2. The summed E-state index contributed by atoms with van der Waals surface area (Å²) in [7, 11) is 1.80. The number of hydrogen-bond donors (Lipinski definition) is 2. The van der Waals surface area contributed by atoms with Gasteiger partial charge in [-0.05, 0) is 68.3 Å². The van der Waals surface area contributed by atoms with Crippen molar-refractivity contribution in [2.75, 3.05) is 35.4 Å². The highest BCUT2D eigenvalue weighted by Crippen LogP contribution is 2.38. The number of nitrogens with one attached hydrogen (secondary N) is 2. The van der Waals surface area contributed by atoms with Crippen molar-refractivity contribution in [2.45, 2.75) is 38.4 Å². The van der Waals surface area contributed by atoms with Gasteiger partial charge < -0.3 is 25.2 Å². The maximum Gasteiger partial charge on any atom is 0.251 e. The van der Waals surface area contributed by atoms with Gasteiger partial charge in [0, 0.05) is 43.8 Å². The monoisotopic (exact) mass is 486 g/mol. The lowest BCUT2D eigenvalue weighted by Crippen LogP contribution is -2.56. The smallest absolute Gasteiger partial charge is 0.251 e. The first-order chi connectivity index (χ1) is 17.5. The van der Waals surface area contributed by atoms with Crippen LogP contribution in [0.25, 0.3) is 0 Å². The Bertz CT molecular complexity index is 1230. The molecule has 1 atom stereocenters. The van der Waals surface area contributed by atoms with E-state index in [-0.39, 0.29) is 23.9 Å². The summed E-state index contributed by atoms with van der Waals surface area (Å²) in [4.78, 5) is 38.4. The molecular weight excluding hydrogens is 456 g/mol. The number of rotatable bonds is 6. The molecule has 0 bridgehead atoms. The van der Waals surface area contributed by atoms with Crippen LogP contribution in [-0.4, -0.2) is 54.1 Å². The second kappa shape index (κ2) is 10.3. The molecule has 2 N–H and O–H groups in total. The Balaban J connectivity index is 1.31. The van der Waals surface area contributed by atoms with Crippen LogP contribution in [0.4, 0.5) is 23.0 Å². The van der Waals surface area contributed by atoms with E-state index in [4.69, 9.17) is 9.72 Å². The molecule has 2 aliphatic heterocycles. The normalized spacial score (nSPS) is 18.1. The van der Waals surface area contributed by atoms with Crippen LogP contribution in [0, 0.1) is 0 Å². The Labute approximate surface area is 210 Å². The Hall–Kier alpha value is -3.98. The molecule has 2 amide bonds. The van der Waals surface area contributed by atoms with Gasteiger partial charge in [0.15, 0.2) is 5.82 Å². The van der Waals surface area contributed by atoms with Gasteiger partial charge in [-0.15, -0.1) is 0 Å². The van der Waals surface area contributed by atoms with E-state index in [9.17, 15) is 9.59 Å². The van der Waals surface area contributed by atoms with E-state index in [1.54, 1.807) is 30.3 Å². The van der Waals surface area contributed by atoms with Crippen molar-refractivity contribution in [3.8, 4) is 0 Å². The summed E-state index contributed by atoms with van der Waals surface area (Å²) in [5, 5.41) is 6.22. The Morgan fingerprint density at radius 3 is 2.58 bits per heavy atom. The first kappa shape index (κ1) is 23.7. The molecule has 0 spiro atoms. The zero-order chi connectivity index (χ0) is 25.1. The molecular formula is C27H30N6O3. The molecule has 2 aliphatic rings. The van der Waals surface area contributed by atoms with Gasteiger partial charge in [0.25, 0.3) is 5.91 Å². The third-order valence-electron chi connectivity index (χ3n) is 6.73. The van der Waals surface area contributed by atoms with Crippen LogP contribution in [0.3, 0.4) is 0 Å². The molecule has 0 unspecified atom stereocenters. The summed E-state index contributed by atoms with van der Waals surface area (Å²) >= 11 is 0. The quantitative estimate of drug-likeness (QED) is 0.550. The molecule has 1 saturated heterocycles. The lowest BCUT2D eigenvalue weighted by Gasteiger charge is -2.44. The van der Waals surface area contributed by atoms with Crippen LogP contribution >= 0.6 is 0 Å². The van der Waals surface area contributed by atoms with Crippen LogP contribution in [-0.2, 0) is 16.1 Å². The van der Waals surface area contributed by atoms with Gasteiger partial charge in [0.05, 0.1) is 17.9 Å². The maximum atomic E-state index is 12.9. The van der Waals surface area contributed by atoms with Crippen molar-refractivity contribution in [2.24, 2.45) is 0 Å². The van der Waals surface area contributed by atoms with Gasteiger partial charge in [-0.3, -0.25) is 14.6 Å². The number of fused-ring (bicyclic) bond motifs is 1. The topological polar surface area (TPSA) is 99.7 Å². The number of aromatic nitrogens is 2. The Kier molecular flexibility index (Phi) is 6.81. The maximum absolute atomic E-state index is 12.9. The van der Waals surface area contributed by atoms with Crippen LogP contribution in [0.5, 0.6) is 0 Å². The van der Waals surface area contributed by atoms with Gasteiger partial charge >= 0.3 is 0 Å². The van der Waals surface area contributed by atoms with E-state index < -0.39 is 0 Å². The number of likely N-dealkylation sites (N-methyl/N-ethyl adjacent to an activating group) is 1. The van der Waals surface area contributed by atoms with E-state index in [2.05, 4.69) is 20.5 Å². The molecule has 9 nitrogen and oxygen atoms in total. The highest BCUT2D eigenvalue weighted by Gasteiger charge is 2.39. The number of carbonyl (C=O) groups is 2. The third-order valence-corrected chi connectivity index (χ3v) is 6.73. The standard InChI is InChI=1S/C27H30N6O3/c1-18-27(35)32(2)23-10-11-24(31-25(23)33(18)22-12-15-36-16-13-22)30-20-8-6-19(7-9-20)26(34)29-17-21-5-3-4-14-28-21/h3-11,14,18,22H,12-13,15-17H2,1-2H3,(H,29,34)(H,30,31)/t18-/m1/s1. The highest BCUT2D eigenvalue weighted by atomic mass is 16.5. The fourth-order valence-electron chi connectivity index (χ4n) is 4.74. The van der Waals surface area contributed by atoms with E-state index in [0.29, 0.717) is 31.1 Å². The molecule has 4 heterocycles. The Morgan fingerprint density at radius 1 is 1.08 bits per heavy atom. The molecule has 3 aromatic rings. The van der Waals surface area contributed by atoms with Crippen molar-refractivity contribution in [3.05, 3.63) is 72.1 Å². The Morgan fingerprint density at radius 2 is 1.86 bits per heavy atom. The van der Waals surface area contributed by atoms with Crippen molar-refractivity contribution in [3.63, 3.8) is 0 Å². The number of ether oxygens (including phenoxy) is 1. The van der Waals surface area contributed by atoms with E-state index in [1.165, 1.54) is 0 Å².